The third-order valence-electron chi connectivity index (χ3n) is 4.59. The second-order valence-corrected chi connectivity index (χ2v) is 5.85. The van der Waals surface area contributed by atoms with Gasteiger partial charge in [0.05, 0.1) is 0 Å². The molecule has 1 saturated heterocycles. The van der Waals surface area contributed by atoms with Crippen LogP contribution in [0.4, 0.5) is 0 Å². The molecule has 3 heteroatoms. The molecule has 2 fully saturated rings. The zero-order chi connectivity index (χ0) is 11.8. The number of rotatable bonds is 3. The number of carbonyl (C=O) groups is 1. The van der Waals surface area contributed by atoms with Crippen LogP contribution in [-0.4, -0.2) is 25.0 Å². The van der Waals surface area contributed by atoms with Gasteiger partial charge < -0.3 is 10.6 Å². The maximum Gasteiger partial charge on any atom is 0.223 e. The van der Waals surface area contributed by atoms with Gasteiger partial charge in [0.1, 0.15) is 0 Å². The molecule has 2 N–H and O–H groups in total. The molecule has 92 valence electrons. The minimum Gasteiger partial charge on any atom is -0.353 e. The SMILES string of the molecule is CCC1(C)CC1C(=O)NC1CCNCC1C. The van der Waals surface area contributed by atoms with Crippen molar-refractivity contribution in [3.63, 3.8) is 0 Å². The smallest absolute Gasteiger partial charge is 0.223 e. The van der Waals surface area contributed by atoms with Gasteiger partial charge in [0.2, 0.25) is 5.91 Å². The van der Waals surface area contributed by atoms with Gasteiger partial charge in [0.25, 0.3) is 0 Å². The fourth-order valence-electron chi connectivity index (χ4n) is 2.72. The van der Waals surface area contributed by atoms with Gasteiger partial charge in [0.15, 0.2) is 0 Å². The van der Waals surface area contributed by atoms with E-state index in [0.717, 1.165) is 32.4 Å². The highest BCUT2D eigenvalue weighted by Crippen LogP contribution is 2.54. The fourth-order valence-corrected chi connectivity index (χ4v) is 2.72. The van der Waals surface area contributed by atoms with Crippen LogP contribution in [0.25, 0.3) is 0 Å². The molecule has 1 saturated carbocycles. The largest absolute Gasteiger partial charge is 0.353 e. The number of piperidine rings is 1. The number of hydrogen-bond acceptors (Lipinski definition) is 2. The Balaban J connectivity index is 1.84. The van der Waals surface area contributed by atoms with Crippen LogP contribution in [-0.2, 0) is 4.79 Å². The van der Waals surface area contributed by atoms with Crippen LogP contribution in [0.2, 0.25) is 0 Å². The van der Waals surface area contributed by atoms with Crippen molar-refractivity contribution < 1.29 is 4.79 Å². The van der Waals surface area contributed by atoms with Gasteiger partial charge in [-0.3, -0.25) is 4.79 Å². The fraction of sp³-hybridized carbons (Fsp3) is 0.923. The molecule has 1 amide bonds. The maximum atomic E-state index is 12.1. The summed E-state index contributed by atoms with van der Waals surface area (Å²) in [6.07, 6.45) is 3.27. The molecule has 0 spiro atoms. The summed E-state index contributed by atoms with van der Waals surface area (Å²) in [5.74, 6) is 1.13. The topological polar surface area (TPSA) is 41.1 Å². The van der Waals surface area contributed by atoms with Crippen LogP contribution < -0.4 is 10.6 Å². The quantitative estimate of drug-likeness (QED) is 0.763. The van der Waals surface area contributed by atoms with Crippen molar-refractivity contribution in [2.24, 2.45) is 17.3 Å². The van der Waals surface area contributed by atoms with Crippen LogP contribution in [0.3, 0.4) is 0 Å². The molecule has 0 aromatic rings. The van der Waals surface area contributed by atoms with Crippen molar-refractivity contribution in [1.82, 2.24) is 10.6 Å². The van der Waals surface area contributed by atoms with E-state index in [1.807, 2.05) is 0 Å². The van der Waals surface area contributed by atoms with Crippen LogP contribution in [0.5, 0.6) is 0 Å². The summed E-state index contributed by atoms with van der Waals surface area (Å²) in [5.41, 5.74) is 0.292. The molecule has 1 aliphatic carbocycles. The highest BCUT2D eigenvalue weighted by atomic mass is 16.2. The Labute approximate surface area is 98.4 Å². The molecule has 4 unspecified atom stereocenters. The van der Waals surface area contributed by atoms with Crippen LogP contribution in [0.1, 0.15) is 40.0 Å². The normalized spacial score (nSPS) is 42.8. The Morgan fingerprint density at radius 1 is 1.56 bits per heavy atom. The summed E-state index contributed by atoms with van der Waals surface area (Å²) in [5, 5.41) is 6.60. The van der Waals surface area contributed by atoms with E-state index in [1.54, 1.807) is 0 Å². The molecule has 2 aliphatic rings. The lowest BCUT2D eigenvalue weighted by Crippen LogP contribution is -2.49. The van der Waals surface area contributed by atoms with Crippen molar-refractivity contribution in [2.75, 3.05) is 13.1 Å². The molecule has 0 radical (unpaired) electrons. The van der Waals surface area contributed by atoms with E-state index in [2.05, 4.69) is 31.4 Å². The first-order valence-electron chi connectivity index (χ1n) is 6.58. The minimum atomic E-state index is 0.277. The van der Waals surface area contributed by atoms with Gasteiger partial charge in [-0.2, -0.15) is 0 Å². The van der Waals surface area contributed by atoms with Gasteiger partial charge >= 0.3 is 0 Å². The summed E-state index contributed by atoms with van der Waals surface area (Å²) < 4.78 is 0. The molecule has 1 heterocycles. The molecule has 1 aliphatic heterocycles. The van der Waals surface area contributed by atoms with Crippen molar-refractivity contribution >= 4 is 5.91 Å². The Morgan fingerprint density at radius 2 is 2.31 bits per heavy atom. The number of hydrogen-bond donors (Lipinski definition) is 2. The zero-order valence-electron chi connectivity index (χ0n) is 10.7. The summed E-state index contributed by atoms with van der Waals surface area (Å²) in [6, 6.07) is 0.385. The summed E-state index contributed by atoms with van der Waals surface area (Å²) in [6.45, 7) is 8.68. The van der Waals surface area contributed by atoms with E-state index in [9.17, 15) is 4.79 Å². The monoisotopic (exact) mass is 224 g/mol. The summed E-state index contributed by atoms with van der Waals surface area (Å²) >= 11 is 0. The summed E-state index contributed by atoms with van der Waals surface area (Å²) in [4.78, 5) is 12.1. The Morgan fingerprint density at radius 3 is 2.88 bits per heavy atom. The number of nitrogens with one attached hydrogen (secondary N) is 2. The van der Waals surface area contributed by atoms with Crippen molar-refractivity contribution in [3.05, 3.63) is 0 Å². The molecule has 0 aromatic heterocycles. The lowest BCUT2D eigenvalue weighted by atomic mass is 9.94. The average molecular weight is 224 g/mol. The van der Waals surface area contributed by atoms with Gasteiger partial charge in [-0.05, 0) is 43.7 Å². The number of amides is 1. The average Bonchev–Trinajstić information content (AvgIpc) is 2.95. The minimum absolute atomic E-state index is 0.277. The van der Waals surface area contributed by atoms with Gasteiger partial charge in [-0.1, -0.05) is 20.8 Å². The predicted octanol–water partition coefficient (Wildman–Crippen LogP) is 1.54. The Hall–Kier alpha value is -0.570. The number of carbonyl (C=O) groups excluding carboxylic acids is 1. The molecule has 2 rings (SSSR count). The molecule has 4 atom stereocenters. The maximum absolute atomic E-state index is 12.1. The highest BCUT2D eigenvalue weighted by molar-refractivity contribution is 5.82. The zero-order valence-corrected chi connectivity index (χ0v) is 10.7. The van der Waals surface area contributed by atoms with Gasteiger partial charge in [-0.15, -0.1) is 0 Å². The highest BCUT2D eigenvalue weighted by Gasteiger charge is 2.53. The third kappa shape index (κ3) is 2.24. The van der Waals surface area contributed by atoms with Crippen LogP contribution in [0.15, 0.2) is 0 Å². The second kappa shape index (κ2) is 4.36. The van der Waals surface area contributed by atoms with E-state index < -0.39 is 0 Å². The Kier molecular flexibility index (Phi) is 3.24. The van der Waals surface area contributed by atoms with Crippen molar-refractivity contribution in [3.8, 4) is 0 Å². The first kappa shape index (κ1) is 11.9. The lowest BCUT2D eigenvalue weighted by molar-refractivity contribution is -0.124. The lowest BCUT2D eigenvalue weighted by Gasteiger charge is -2.30. The molecular weight excluding hydrogens is 200 g/mol. The molecular formula is C13H24N2O. The van der Waals surface area contributed by atoms with E-state index in [-0.39, 0.29) is 5.92 Å². The third-order valence-corrected chi connectivity index (χ3v) is 4.59. The molecule has 3 nitrogen and oxygen atoms in total. The van der Waals surface area contributed by atoms with Gasteiger partial charge in [0, 0.05) is 12.0 Å². The Bertz CT molecular complexity index is 279. The van der Waals surface area contributed by atoms with E-state index in [4.69, 9.17) is 0 Å². The van der Waals surface area contributed by atoms with Crippen LogP contribution >= 0.6 is 0 Å². The summed E-state index contributed by atoms with van der Waals surface area (Å²) in [7, 11) is 0. The second-order valence-electron chi connectivity index (χ2n) is 5.85. The van der Waals surface area contributed by atoms with Gasteiger partial charge in [-0.25, -0.2) is 0 Å². The van der Waals surface area contributed by atoms with Crippen molar-refractivity contribution in [1.29, 1.82) is 0 Å². The van der Waals surface area contributed by atoms with E-state index >= 15 is 0 Å². The van der Waals surface area contributed by atoms with E-state index in [0.29, 0.717) is 23.3 Å². The first-order valence-corrected chi connectivity index (χ1v) is 6.58. The predicted molar refractivity (Wildman–Crippen MR) is 65.1 cm³/mol. The molecule has 0 bridgehead atoms. The van der Waals surface area contributed by atoms with E-state index in [1.165, 1.54) is 0 Å². The van der Waals surface area contributed by atoms with Crippen molar-refractivity contribution in [2.45, 2.75) is 46.1 Å². The van der Waals surface area contributed by atoms with Crippen LogP contribution in [0, 0.1) is 17.3 Å². The standard InChI is InChI=1S/C13H24N2O/c1-4-13(3)7-10(13)12(16)15-11-5-6-14-8-9(11)2/h9-11,14H,4-8H2,1-3H3,(H,15,16). The molecule has 0 aromatic carbocycles. The first-order chi connectivity index (χ1) is 7.57. The molecule has 16 heavy (non-hydrogen) atoms.